The molecule has 7 heteroatoms. The summed E-state index contributed by atoms with van der Waals surface area (Å²) >= 11 is 5.86. The summed E-state index contributed by atoms with van der Waals surface area (Å²) in [5.74, 6) is -1.09. The van der Waals surface area contributed by atoms with Crippen LogP contribution in [-0.4, -0.2) is 28.7 Å². The van der Waals surface area contributed by atoms with Crippen molar-refractivity contribution in [2.75, 3.05) is 0 Å². The highest BCUT2D eigenvalue weighted by Gasteiger charge is 2.47. The summed E-state index contributed by atoms with van der Waals surface area (Å²) in [5, 5.41) is 2.95. The number of fused-ring (bicyclic) bond motifs is 1. The first-order chi connectivity index (χ1) is 12.2. The number of pyridine rings is 1. The molecule has 0 aliphatic carbocycles. The number of hydrogen-bond donors (Lipinski definition) is 1. The predicted molar refractivity (Wildman–Crippen MR) is 98.8 cm³/mol. The molecule has 26 heavy (non-hydrogen) atoms. The first kappa shape index (κ1) is 18.1. The number of nitrogens with one attached hydrogen (secondary N) is 1. The van der Waals surface area contributed by atoms with Crippen LogP contribution >= 0.6 is 11.6 Å². The summed E-state index contributed by atoms with van der Waals surface area (Å²) in [4.78, 5) is 33.9. The topological polar surface area (TPSA) is 80.6 Å². The maximum Gasteiger partial charge on any atom is 0.342 e. The van der Waals surface area contributed by atoms with Gasteiger partial charge in [0, 0.05) is 23.5 Å². The fraction of sp³-hybridized carbons (Fsp3) is 0.263. The smallest absolute Gasteiger partial charge is 0.342 e. The standard InChI is InChI=1S/C19H18ClN3O3/c1-18(2,3)26-17(25)19(11-22-14-7-5-4-6-13(14)19)23-16(24)12-8-9-21-15(20)10-12/h4-11H,1-3H3,(H,23,24). The quantitative estimate of drug-likeness (QED) is 0.662. The van der Waals surface area contributed by atoms with E-state index >= 15 is 0 Å². The minimum atomic E-state index is -1.50. The van der Waals surface area contributed by atoms with Gasteiger partial charge in [-0.05, 0) is 39.0 Å². The number of carbonyl (C=O) groups excluding carboxylic acids is 2. The third kappa shape index (κ3) is 3.46. The van der Waals surface area contributed by atoms with E-state index < -0.39 is 23.0 Å². The van der Waals surface area contributed by atoms with Gasteiger partial charge in [0.1, 0.15) is 10.8 Å². The van der Waals surface area contributed by atoms with Gasteiger partial charge in [-0.25, -0.2) is 9.78 Å². The molecular formula is C19H18ClN3O3. The average molecular weight is 372 g/mol. The fourth-order valence-electron chi connectivity index (χ4n) is 2.62. The molecule has 0 radical (unpaired) electrons. The van der Waals surface area contributed by atoms with Crippen LogP contribution in [-0.2, 0) is 15.1 Å². The summed E-state index contributed by atoms with van der Waals surface area (Å²) in [5.41, 5.74) is -0.781. The Hall–Kier alpha value is -2.73. The summed E-state index contributed by atoms with van der Waals surface area (Å²) in [6.45, 7) is 5.29. The number of para-hydroxylation sites is 1. The van der Waals surface area contributed by atoms with Gasteiger partial charge in [-0.2, -0.15) is 0 Å². The first-order valence-electron chi connectivity index (χ1n) is 8.03. The molecular weight excluding hydrogens is 354 g/mol. The Labute approximate surface area is 156 Å². The third-order valence-electron chi connectivity index (χ3n) is 3.75. The zero-order valence-electron chi connectivity index (χ0n) is 14.6. The molecule has 1 unspecified atom stereocenters. The molecule has 1 amide bonds. The first-order valence-corrected chi connectivity index (χ1v) is 8.41. The van der Waals surface area contributed by atoms with Crippen molar-refractivity contribution in [2.24, 2.45) is 4.99 Å². The number of hydrogen-bond acceptors (Lipinski definition) is 5. The Morgan fingerprint density at radius 3 is 2.62 bits per heavy atom. The summed E-state index contributed by atoms with van der Waals surface area (Å²) in [6.07, 6.45) is 2.83. The molecule has 0 bridgehead atoms. The Morgan fingerprint density at radius 2 is 1.92 bits per heavy atom. The number of carbonyl (C=O) groups is 2. The molecule has 6 nitrogen and oxygen atoms in total. The summed E-state index contributed by atoms with van der Waals surface area (Å²) in [6, 6.07) is 10.0. The van der Waals surface area contributed by atoms with Gasteiger partial charge < -0.3 is 10.1 Å². The van der Waals surface area contributed by atoms with Crippen LogP contribution in [0.3, 0.4) is 0 Å². The Morgan fingerprint density at radius 1 is 1.19 bits per heavy atom. The van der Waals surface area contributed by atoms with E-state index in [4.69, 9.17) is 16.3 Å². The molecule has 1 aliphatic heterocycles. The van der Waals surface area contributed by atoms with E-state index in [2.05, 4.69) is 15.3 Å². The lowest BCUT2D eigenvalue weighted by Gasteiger charge is -2.31. The molecule has 3 rings (SSSR count). The van der Waals surface area contributed by atoms with Gasteiger partial charge in [0.15, 0.2) is 0 Å². The molecule has 0 saturated heterocycles. The van der Waals surface area contributed by atoms with Crippen molar-refractivity contribution in [2.45, 2.75) is 31.9 Å². The van der Waals surface area contributed by atoms with Gasteiger partial charge in [-0.1, -0.05) is 29.8 Å². The Kier molecular flexibility index (Phi) is 4.54. The van der Waals surface area contributed by atoms with Gasteiger partial charge in [0.2, 0.25) is 5.54 Å². The third-order valence-corrected chi connectivity index (χ3v) is 3.95. The molecule has 1 aromatic carbocycles. The van der Waals surface area contributed by atoms with Crippen molar-refractivity contribution < 1.29 is 14.3 Å². The van der Waals surface area contributed by atoms with Crippen LogP contribution in [0.25, 0.3) is 0 Å². The summed E-state index contributed by atoms with van der Waals surface area (Å²) < 4.78 is 5.56. The van der Waals surface area contributed by atoms with Gasteiger partial charge in [-0.3, -0.25) is 9.79 Å². The van der Waals surface area contributed by atoms with Crippen LogP contribution in [0.5, 0.6) is 0 Å². The minimum Gasteiger partial charge on any atom is -0.458 e. The number of esters is 1. The maximum absolute atomic E-state index is 13.0. The van der Waals surface area contributed by atoms with Gasteiger partial charge >= 0.3 is 5.97 Å². The fourth-order valence-corrected chi connectivity index (χ4v) is 2.80. The largest absolute Gasteiger partial charge is 0.458 e. The molecule has 1 aliphatic rings. The number of amides is 1. The van der Waals surface area contributed by atoms with Crippen molar-refractivity contribution in [3.8, 4) is 0 Å². The van der Waals surface area contributed by atoms with Crippen molar-refractivity contribution in [3.63, 3.8) is 0 Å². The Balaban J connectivity index is 2.02. The lowest BCUT2D eigenvalue weighted by molar-refractivity contribution is -0.159. The van der Waals surface area contributed by atoms with Crippen molar-refractivity contribution >= 4 is 35.4 Å². The second-order valence-corrected chi connectivity index (χ2v) is 7.29. The SMILES string of the molecule is CC(C)(C)OC(=O)C1(NC(=O)c2ccnc(Cl)c2)C=Nc2ccccc21. The summed E-state index contributed by atoms with van der Waals surface area (Å²) in [7, 11) is 0. The second-order valence-electron chi connectivity index (χ2n) is 6.91. The van der Waals surface area contributed by atoms with Gasteiger partial charge in [0.25, 0.3) is 5.91 Å². The van der Waals surface area contributed by atoms with Gasteiger partial charge in [-0.15, -0.1) is 0 Å². The monoisotopic (exact) mass is 371 g/mol. The van der Waals surface area contributed by atoms with E-state index in [-0.39, 0.29) is 10.7 Å². The van der Waals surface area contributed by atoms with Crippen LogP contribution in [0, 0.1) is 0 Å². The highest BCUT2D eigenvalue weighted by molar-refractivity contribution is 6.29. The normalized spacial score (nSPS) is 18.3. The van der Waals surface area contributed by atoms with Crippen LogP contribution in [0.2, 0.25) is 5.15 Å². The van der Waals surface area contributed by atoms with E-state index in [0.29, 0.717) is 11.3 Å². The van der Waals surface area contributed by atoms with E-state index in [1.165, 1.54) is 24.5 Å². The Bertz CT molecular complexity index is 905. The van der Waals surface area contributed by atoms with Crippen molar-refractivity contribution in [1.29, 1.82) is 0 Å². The number of halogens is 1. The number of aliphatic imine (C=N–C) groups is 1. The molecule has 0 fully saturated rings. The lowest BCUT2D eigenvalue weighted by atomic mass is 9.91. The predicted octanol–water partition coefficient (Wildman–Crippen LogP) is 3.42. The van der Waals surface area contributed by atoms with Crippen LogP contribution in [0.15, 0.2) is 47.6 Å². The second kappa shape index (κ2) is 6.53. The van der Waals surface area contributed by atoms with Crippen molar-refractivity contribution in [3.05, 3.63) is 58.9 Å². The number of ether oxygens (including phenoxy) is 1. The minimum absolute atomic E-state index is 0.185. The number of benzene rings is 1. The highest BCUT2D eigenvalue weighted by Crippen LogP contribution is 2.37. The zero-order valence-corrected chi connectivity index (χ0v) is 15.4. The molecule has 134 valence electrons. The van der Waals surface area contributed by atoms with Gasteiger partial charge in [0.05, 0.1) is 5.69 Å². The van der Waals surface area contributed by atoms with E-state index in [1.807, 2.05) is 6.07 Å². The molecule has 2 heterocycles. The average Bonchev–Trinajstić information content (AvgIpc) is 2.93. The van der Waals surface area contributed by atoms with Crippen LogP contribution in [0.1, 0.15) is 36.7 Å². The maximum atomic E-state index is 13.0. The molecule has 2 aromatic rings. The van der Waals surface area contributed by atoms with E-state index in [0.717, 1.165) is 0 Å². The molecule has 0 saturated carbocycles. The molecule has 0 spiro atoms. The van der Waals surface area contributed by atoms with E-state index in [1.54, 1.807) is 39.0 Å². The zero-order chi connectivity index (χ0) is 18.9. The molecule has 1 aromatic heterocycles. The van der Waals surface area contributed by atoms with Crippen molar-refractivity contribution in [1.82, 2.24) is 10.3 Å². The number of nitrogens with zero attached hydrogens (tertiary/aromatic N) is 2. The molecule has 1 N–H and O–H groups in total. The molecule has 1 atom stereocenters. The van der Waals surface area contributed by atoms with Crippen LogP contribution < -0.4 is 5.32 Å². The van der Waals surface area contributed by atoms with E-state index in [9.17, 15) is 9.59 Å². The lowest BCUT2D eigenvalue weighted by Crippen LogP contribution is -2.54. The van der Waals surface area contributed by atoms with Crippen LogP contribution in [0.4, 0.5) is 5.69 Å². The number of rotatable bonds is 3. The highest BCUT2D eigenvalue weighted by atomic mass is 35.5. The number of aromatic nitrogens is 1.